The molecule has 0 aromatic heterocycles. The molecule has 3 rings (SSSR count). The van der Waals surface area contributed by atoms with Gasteiger partial charge in [-0.25, -0.2) is 0 Å². The van der Waals surface area contributed by atoms with Crippen LogP contribution in [-0.2, 0) is 6.18 Å². The van der Waals surface area contributed by atoms with Gasteiger partial charge in [0.15, 0.2) is 0 Å². The summed E-state index contributed by atoms with van der Waals surface area (Å²) in [5.74, 6) is 0.461. The molecule has 0 aliphatic heterocycles. The molecule has 3 nitrogen and oxygen atoms in total. The predicted octanol–water partition coefficient (Wildman–Crippen LogP) is 4.78. The molecule has 0 spiro atoms. The van der Waals surface area contributed by atoms with Gasteiger partial charge >= 0.3 is 173 Å². The number of carbonyl (C=O) groups is 1. The quantitative estimate of drug-likeness (QED) is 0.404. The van der Waals surface area contributed by atoms with Gasteiger partial charge in [-0.3, -0.25) is 0 Å². The normalized spacial score (nSPS) is 11.1. The van der Waals surface area contributed by atoms with E-state index in [4.69, 9.17) is 4.74 Å². The number of rotatable bonds is 7. The monoisotopic (exact) mass is 465 g/mol. The average Bonchev–Trinajstić information content (AvgIpc) is 2.72. The van der Waals surface area contributed by atoms with Crippen LogP contribution < -0.4 is 14.5 Å². The SMILES string of the molecule is O=C(Nc1ccc(C(F)(F)F)cc1)c1ccccc1[Se]CCOc1ccccc1. The molecule has 0 saturated carbocycles. The van der Waals surface area contributed by atoms with Crippen LogP contribution in [0.3, 0.4) is 0 Å². The van der Waals surface area contributed by atoms with Crippen LogP contribution in [0.4, 0.5) is 18.9 Å². The Kier molecular flexibility index (Phi) is 6.96. The number of hydrogen-bond donors (Lipinski definition) is 1. The number of ether oxygens (including phenoxy) is 1. The van der Waals surface area contributed by atoms with Gasteiger partial charge in [0, 0.05) is 0 Å². The van der Waals surface area contributed by atoms with Crippen LogP contribution >= 0.6 is 0 Å². The molecule has 0 unspecified atom stereocenters. The Labute approximate surface area is 173 Å². The molecule has 0 aliphatic carbocycles. The Morgan fingerprint density at radius 2 is 1.55 bits per heavy atom. The van der Waals surface area contributed by atoms with Crippen molar-refractivity contribution in [2.45, 2.75) is 11.5 Å². The van der Waals surface area contributed by atoms with Gasteiger partial charge in [0.1, 0.15) is 0 Å². The number of para-hydroxylation sites is 1. The van der Waals surface area contributed by atoms with Crippen LogP contribution in [0.15, 0.2) is 78.9 Å². The van der Waals surface area contributed by atoms with Crippen molar-refractivity contribution in [1.29, 1.82) is 0 Å². The van der Waals surface area contributed by atoms with Crippen molar-refractivity contribution >= 4 is 31.0 Å². The standard InChI is InChI=1S/C22H18F3NO2Se/c23-22(24,25)16-10-12-17(13-11-16)26-21(27)19-8-4-5-9-20(19)29-15-14-28-18-6-2-1-3-7-18/h1-13H,14-15H2,(H,26,27). The van der Waals surface area contributed by atoms with Crippen molar-refractivity contribution in [2.24, 2.45) is 0 Å². The fraction of sp³-hybridized carbons (Fsp3) is 0.136. The number of amides is 1. The van der Waals surface area contributed by atoms with E-state index >= 15 is 0 Å². The first kappa shape index (κ1) is 21.0. The zero-order valence-electron chi connectivity index (χ0n) is 15.3. The molecule has 29 heavy (non-hydrogen) atoms. The summed E-state index contributed by atoms with van der Waals surface area (Å²) in [6.45, 7) is 0.541. The van der Waals surface area contributed by atoms with E-state index in [9.17, 15) is 18.0 Å². The zero-order chi connectivity index (χ0) is 20.7. The van der Waals surface area contributed by atoms with Crippen LogP contribution in [0.2, 0.25) is 5.32 Å². The fourth-order valence-electron chi connectivity index (χ4n) is 2.55. The molecule has 1 amide bonds. The van der Waals surface area contributed by atoms with Crippen LogP contribution in [0.1, 0.15) is 15.9 Å². The summed E-state index contributed by atoms with van der Waals surface area (Å²) in [5, 5.41) is 3.45. The molecular formula is C22H18F3NO2Se. The van der Waals surface area contributed by atoms with E-state index in [0.29, 0.717) is 17.9 Å². The van der Waals surface area contributed by atoms with Gasteiger partial charge in [0.2, 0.25) is 0 Å². The number of anilines is 1. The Hall–Kier alpha value is -2.76. The summed E-state index contributed by atoms with van der Waals surface area (Å²) < 4.78 is 44.6. The van der Waals surface area contributed by atoms with Crippen molar-refractivity contribution in [3.8, 4) is 5.75 Å². The summed E-state index contributed by atoms with van der Waals surface area (Å²) in [7, 11) is 0. The van der Waals surface area contributed by atoms with Crippen molar-refractivity contribution < 1.29 is 22.7 Å². The van der Waals surface area contributed by atoms with Crippen LogP contribution in [0.25, 0.3) is 0 Å². The molecule has 0 fully saturated rings. The molecule has 0 radical (unpaired) electrons. The number of halogens is 3. The maximum absolute atomic E-state index is 12.7. The molecule has 1 N–H and O–H groups in total. The van der Waals surface area contributed by atoms with Gasteiger partial charge in [-0.1, -0.05) is 0 Å². The Bertz CT molecular complexity index is 944. The van der Waals surface area contributed by atoms with Crippen molar-refractivity contribution in [3.63, 3.8) is 0 Å². The predicted molar refractivity (Wildman–Crippen MR) is 108 cm³/mol. The summed E-state index contributed by atoms with van der Waals surface area (Å²) in [5.41, 5.74) is 0.0856. The summed E-state index contributed by atoms with van der Waals surface area (Å²) in [6.07, 6.45) is -4.40. The van der Waals surface area contributed by atoms with Crippen LogP contribution in [-0.4, -0.2) is 27.5 Å². The third kappa shape index (κ3) is 6.11. The van der Waals surface area contributed by atoms with E-state index in [0.717, 1.165) is 27.7 Å². The van der Waals surface area contributed by atoms with Crippen molar-refractivity contribution in [1.82, 2.24) is 0 Å². The van der Waals surface area contributed by atoms with E-state index in [2.05, 4.69) is 5.32 Å². The minimum atomic E-state index is -4.40. The van der Waals surface area contributed by atoms with Gasteiger partial charge in [0.05, 0.1) is 0 Å². The molecule has 3 aromatic carbocycles. The molecule has 0 saturated heterocycles. The molecule has 3 aromatic rings. The second-order valence-corrected chi connectivity index (χ2v) is 8.42. The number of nitrogens with one attached hydrogen (secondary N) is 1. The first-order chi connectivity index (χ1) is 13.9. The average molecular weight is 464 g/mol. The summed E-state index contributed by atoms with van der Waals surface area (Å²) in [6, 6.07) is 21.1. The topological polar surface area (TPSA) is 38.3 Å². The molecular weight excluding hydrogens is 446 g/mol. The van der Waals surface area contributed by atoms with Gasteiger partial charge in [-0.05, 0) is 0 Å². The fourth-order valence-corrected chi connectivity index (χ4v) is 4.39. The van der Waals surface area contributed by atoms with Crippen molar-refractivity contribution in [2.75, 3.05) is 11.9 Å². The number of alkyl halides is 3. The van der Waals surface area contributed by atoms with E-state index in [-0.39, 0.29) is 20.9 Å². The summed E-state index contributed by atoms with van der Waals surface area (Å²) >= 11 is 0.0167. The maximum atomic E-state index is 12.7. The van der Waals surface area contributed by atoms with Gasteiger partial charge in [-0.2, -0.15) is 0 Å². The number of benzene rings is 3. The van der Waals surface area contributed by atoms with Crippen molar-refractivity contribution in [3.05, 3.63) is 90.0 Å². The van der Waals surface area contributed by atoms with E-state index < -0.39 is 11.7 Å². The Morgan fingerprint density at radius 1 is 0.897 bits per heavy atom. The van der Waals surface area contributed by atoms with Gasteiger partial charge in [0.25, 0.3) is 0 Å². The molecule has 7 heteroatoms. The van der Waals surface area contributed by atoms with Gasteiger partial charge < -0.3 is 0 Å². The third-order valence-corrected chi connectivity index (χ3v) is 6.13. The van der Waals surface area contributed by atoms with E-state index in [1.165, 1.54) is 12.1 Å². The second kappa shape index (κ2) is 9.63. The number of hydrogen-bond acceptors (Lipinski definition) is 2. The van der Waals surface area contributed by atoms with Gasteiger partial charge in [-0.15, -0.1) is 0 Å². The molecule has 0 bridgehead atoms. The zero-order valence-corrected chi connectivity index (χ0v) is 17.0. The first-order valence-corrected chi connectivity index (χ1v) is 10.9. The molecule has 150 valence electrons. The molecule has 0 aliphatic rings. The first-order valence-electron chi connectivity index (χ1n) is 8.82. The number of carbonyl (C=O) groups excluding carboxylic acids is 1. The van der Waals surface area contributed by atoms with E-state index in [1.807, 2.05) is 42.5 Å². The Morgan fingerprint density at radius 3 is 2.24 bits per heavy atom. The van der Waals surface area contributed by atoms with Crippen LogP contribution in [0, 0.1) is 0 Å². The summed E-state index contributed by atoms with van der Waals surface area (Å²) in [4.78, 5) is 12.6. The minimum absolute atomic E-state index is 0.0167. The van der Waals surface area contributed by atoms with Crippen LogP contribution in [0.5, 0.6) is 5.75 Å². The third-order valence-electron chi connectivity index (χ3n) is 3.95. The molecule has 0 heterocycles. The Balaban J connectivity index is 1.59. The van der Waals surface area contributed by atoms with E-state index in [1.54, 1.807) is 12.1 Å². The molecule has 0 atom stereocenters. The second-order valence-electron chi connectivity index (χ2n) is 6.04.